The summed E-state index contributed by atoms with van der Waals surface area (Å²) in [7, 11) is 0. The zero-order valence-corrected chi connectivity index (χ0v) is 3.95. The molecule has 0 aliphatic carbocycles. The van der Waals surface area contributed by atoms with E-state index in [0.29, 0.717) is 0 Å². The molecule has 0 spiro atoms. The summed E-state index contributed by atoms with van der Waals surface area (Å²) in [6.07, 6.45) is -6.18. The van der Waals surface area contributed by atoms with Gasteiger partial charge in [0.15, 0.2) is 0 Å². The van der Waals surface area contributed by atoms with Crippen LogP contribution in [0.5, 0.6) is 0 Å². The number of hydrogen-bond donors (Lipinski definition) is 0. The van der Waals surface area contributed by atoms with Gasteiger partial charge in [0, 0.05) is 6.92 Å². The number of halogens is 3. The van der Waals surface area contributed by atoms with Gasteiger partial charge in [0.1, 0.15) is 0 Å². The van der Waals surface area contributed by atoms with Crippen molar-refractivity contribution in [3.63, 3.8) is 0 Å². The van der Waals surface area contributed by atoms with Crippen molar-refractivity contribution in [1.82, 2.24) is 0 Å². The number of rotatable bonds is 1. The Bertz CT molecular complexity index is 95.2. The van der Waals surface area contributed by atoms with Crippen molar-refractivity contribution in [1.29, 1.82) is 0 Å². The maximum Gasteiger partial charge on any atom is 0.500 e. The Morgan fingerprint density at radius 2 is 2.00 bits per heavy atom. The highest BCUT2D eigenvalue weighted by Gasteiger charge is 2.26. The van der Waals surface area contributed by atoms with Gasteiger partial charge in [-0.3, -0.25) is 0 Å². The van der Waals surface area contributed by atoms with Crippen LogP contribution < -0.4 is 0 Å². The molecule has 0 aliphatic heterocycles. The summed E-state index contributed by atoms with van der Waals surface area (Å²) in [4.78, 5) is 9.09. The SMILES string of the molecule is CC(F)(F)OC(=O)F. The van der Waals surface area contributed by atoms with E-state index in [9.17, 15) is 13.2 Å². The molecular formula is C3H3F3O2. The summed E-state index contributed by atoms with van der Waals surface area (Å²) in [6, 6.07) is 0. The fourth-order valence-corrected chi connectivity index (χ4v) is 0.141. The summed E-state index contributed by atoms with van der Waals surface area (Å²) in [5, 5.41) is 0. The topological polar surface area (TPSA) is 26.3 Å². The first-order chi connectivity index (χ1) is 3.42. The van der Waals surface area contributed by atoms with Crippen molar-refractivity contribution in [2.75, 3.05) is 0 Å². The van der Waals surface area contributed by atoms with Crippen molar-refractivity contribution in [2.24, 2.45) is 0 Å². The van der Waals surface area contributed by atoms with Crippen LogP contribution in [0, 0.1) is 0 Å². The van der Waals surface area contributed by atoms with E-state index in [-0.39, 0.29) is 6.92 Å². The highest BCUT2D eigenvalue weighted by Crippen LogP contribution is 2.13. The van der Waals surface area contributed by atoms with Crippen LogP contribution in [0.15, 0.2) is 0 Å². The molecule has 0 heterocycles. The van der Waals surface area contributed by atoms with Crippen LogP contribution in [-0.4, -0.2) is 12.3 Å². The molecule has 0 radical (unpaired) electrons. The molecule has 2 nitrogen and oxygen atoms in total. The zero-order chi connectivity index (χ0) is 6.78. The zero-order valence-electron chi connectivity index (χ0n) is 3.95. The van der Waals surface area contributed by atoms with E-state index in [0.717, 1.165) is 0 Å². The molecule has 0 bridgehead atoms. The summed E-state index contributed by atoms with van der Waals surface area (Å²) in [5.41, 5.74) is 0. The fraction of sp³-hybridized carbons (Fsp3) is 0.667. The minimum atomic E-state index is -3.70. The van der Waals surface area contributed by atoms with Crippen LogP contribution in [0.25, 0.3) is 0 Å². The maximum atomic E-state index is 11.3. The number of carbonyl (C=O) groups excluding carboxylic acids is 1. The highest BCUT2D eigenvalue weighted by atomic mass is 19.3. The van der Waals surface area contributed by atoms with Crippen molar-refractivity contribution >= 4 is 6.22 Å². The van der Waals surface area contributed by atoms with E-state index in [1.54, 1.807) is 0 Å². The van der Waals surface area contributed by atoms with Crippen LogP contribution in [-0.2, 0) is 4.74 Å². The van der Waals surface area contributed by atoms with Crippen molar-refractivity contribution in [3.05, 3.63) is 0 Å². The van der Waals surface area contributed by atoms with Gasteiger partial charge in [-0.25, -0.2) is 4.79 Å². The van der Waals surface area contributed by atoms with Gasteiger partial charge in [-0.1, -0.05) is 0 Å². The van der Waals surface area contributed by atoms with Crippen LogP contribution >= 0.6 is 0 Å². The Hall–Kier alpha value is -0.740. The average molecular weight is 128 g/mol. The third kappa shape index (κ3) is 5.26. The fourth-order valence-electron chi connectivity index (χ4n) is 0.141. The van der Waals surface area contributed by atoms with Crippen LogP contribution in [0.4, 0.5) is 18.0 Å². The first-order valence-corrected chi connectivity index (χ1v) is 1.68. The predicted molar refractivity (Wildman–Crippen MR) is 18.2 cm³/mol. The molecule has 0 atom stereocenters. The maximum absolute atomic E-state index is 11.3. The molecule has 0 unspecified atom stereocenters. The lowest BCUT2D eigenvalue weighted by Gasteiger charge is -2.05. The first-order valence-electron chi connectivity index (χ1n) is 1.68. The Balaban J connectivity index is 3.55. The van der Waals surface area contributed by atoms with Crippen LogP contribution in [0.3, 0.4) is 0 Å². The first kappa shape index (κ1) is 7.26. The van der Waals surface area contributed by atoms with Gasteiger partial charge in [-0.05, 0) is 0 Å². The Morgan fingerprint density at radius 3 is 2.00 bits per heavy atom. The molecule has 0 N–H and O–H groups in total. The summed E-state index contributed by atoms with van der Waals surface area (Å²) >= 11 is 0. The number of carbonyl (C=O) groups is 1. The third-order valence-corrected chi connectivity index (χ3v) is 0.259. The van der Waals surface area contributed by atoms with Crippen molar-refractivity contribution < 1.29 is 22.7 Å². The number of hydrogen-bond acceptors (Lipinski definition) is 2. The molecule has 0 saturated carbocycles. The minimum Gasteiger partial charge on any atom is -0.375 e. The van der Waals surface area contributed by atoms with E-state index >= 15 is 0 Å². The highest BCUT2D eigenvalue weighted by molar-refractivity contribution is 5.58. The quantitative estimate of drug-likeness (QED) is 0.502. The van der Waals surface area contributed by atoms with Crippen molar-refractivity contribution in [2.45, 2.75) is 13.0 Å². The standard InChI is InChI=1S/C3H3F3O2/c1-3(5,6)8-2(4)7/h1H3. The van der Waals surface area contributed by atoms with E-state index in [2.05, 4.69) is 4.74 Å². The molecule has 0 fully saturated rings. The average Bonchev–Trinajstić information content (AvgIpc) is 1.21. The molecule has 48 valence electrons. The van der Waals surface area contributed by atoms with Gasteiger partial charge in [-0.2, -0.15) is 8.78 Å². The third-order valence-electron chi connectivity index (χ3n) is 0.259. The molecule has 0 saturated heterocycles. The van der Waals surface area contributed by atoms with Crippen LogP contribution in [0.2, 0.25) is 0 Å². The van der Waals surface area contributed by atoms with Crippen LogP contribution in [0.1, 0.15) is 6.92 Å². The van der Waals surface area contributed by atoms with E-state index in [1.165, 1.54) is 0 Å². The van der Waals surface area contributed by atoms with Gasteiger partial charge in [0.2, 0.25) is 0 Å². The van der Waals surface area contributed by atoms with Gasteiger partial charge in [-0.15, -0.1) is 4.39 Å². The Morgan fingerprint density at radius 1 is 1.62 bits per heavy atom. The van der Waals surface area contributed by atoms with Gasteiger partial charge in [0.25, 0.3) is 0 Å². The van der Waals surface area contributed by atoms with Crippen molar-refractivity contribution in [3.8, 4) is 0 Å². The molecule has 5 heteroatoms. The lowest BCUT2D eigenvalue weighted by molar-refractivity contribution is -0.187. The molecule has 0 rings (SSSR count). The lowest BCUT2D eigenvalue weighted by Crippen LogP contribution is -2.16. The summed E-state index contributed by atoms with van der Waals surface area (Å²) in [6.45, 7) is 0.268. The minimum absolute atomic E-state index is 0.268. The smallest absolute Gasteiger partial charge is 0.375 e. The van der Waals surface area contributed by atoms with Gasteiger partial charge in [0.05, 0.1) is 0 Å². The largest absolute Gasteiger partial charge is 0.500 e. The molecule has 0 aromatic carbocycles. The molecular weight excluding hydrogens is 125 g/mol. The lowest BCUT2D eigenvalue weighted by atomic mass is 10.7. The molecule has 0 amide bonds. The normalized spacial score (nSPS) is 11.0. The Kier molecular flexibility index (Phi) is 1.83. The second kappa shape index (κ2) is 2.02. The second-order valence-electron chi connectivity index (χ2n) is 1.15. The van der Waals surface area contributed by atoms with E-state index < -0.39 is 12.3 Å². The Labute approximate surface area is 43.2 Å². The molecule has 8 heavy (non-hydrogen) atoms. The molecule has 0 aromatic rings. The monoisotopic (exact) mass is 128 g/mol. The molecule has 0 aromatic heterocycles. The van der Waals surface area contributed by atoms with Gasteiger partial charge >= 0.3 is 12.3 Å². The van der Waals surface area contributed by atoms with E-state index in [1.807, 2.05) is 0 Å². The summed E-state index contributed by atoms with van der Waals surface area (Å²) < 4.78 is 36.2. The van der Waals surface area contributed by atoms with E-state index in [4.69, 9.17) is 4.79 Å². The predicted octanol–water partition coefficient (Wildman–Crippen LogP) is 1.71. The summed E-state index contributed by atoms with van der Waals surface area (Å²) in [5.74, 6) is 0. The number of alkyl halides is 2. The van der Waals surface area contributed by atoms with Gasteiger partial charge < -0.3 is 4.74 Å². The second-order valence-corrected chi connectivity index (χ2v) is 1.15. The molecule has 0 aliphatic rings. The number of ether oxygens (including phenoxy) is 1.